The number of anilines is 1. The van der Waals surface area contributed by atoms with Crippen molar-refractivity contribution in [3.05, 3.63) is 16.1 Å². The summed E-state index contributed by atoms with van der Waals surface area (Å²) in [6.07, 6.45) is 4.71. The molecule has 2 aromatic heterocycles. The molecule has 0 aliphatic carbocycles. The number of hydrogen-bond acceptors (Lipinski definition) is 4. The van der Waals surface area contributed by atoms with Crippen molar-refractivity contribution in [3.8, 4) is 0 Å². The minimum atomic E-state index is 0.561. The highest BCUT2D eigenvalue weighted by atomic mass is 127. The van der Waals surface area contributed by atoms with Gasteiger partial charge in [0.05, 0.1) is 5.39 Å². The molecule has 2 rings (SSSR count). The van der Waals surface area contributed by atoms with Gasteiger partial charge < -0.3 is 15.2 Å². The van der Waals surface area contributed by atoms with Gasteiger partial charge in [0, 0.05) is 16.3 Å². The fourth-order valence-electron chi connectivity index (χ4n) is 1.83. The van der Waals surface area contributed by atoms with Crippen LogP contribution in [-0.4, -0.2) is 40.1 Å². The van der Waals surface area contributed by atoms with Crippen molar-refractivity contribution in [3.63, 3.8) is 0 Å². The van der Waals surface area contributed by atoms with E-state index in [4.69, 9.17) is 5.73 Å². The summed E-state index contributed by atoms with van der Waals surface area (Å²) in [5.41, 5.74) is 6.80. The molecule has 0 aromatic carbocycles. The molecule has 2 aromatic rings. The third-order valence-electron chi connectivity index (χ3n) is 2.64. The number of aromatic nitrogens is 3. The van der Waals surface area contributed by atoms with Crippen molar-refractivity contribution in [2.75, 3.05) is 26.4 Å². The van der Waals surface area contributed by atoms with Gasteiger partial charge in [0.2, 0.25) is 0 Å². The Morgan fingerprint density at radius 3 is 2.88 bits per heavy atom. The molecule has 2 heterocycles. The monoisotopic (exact) mass is 345 g/mol. The van der Waals surface area contributed by atoms with E-state index in [0.29, 0.717) is 5.82 Å². The van der Waals surface area contributed by atoms with E-state index in [2.05, 4.69) is 62.3 Å². The third kappa shape index (κ3) is 2.68. The van der Waals surface area contributed by atoms with Crippen molar-refractivity contribution in [1.82, 2.24) is 19.4 Å². The lowest BCUT2D eigenvalue weighted by Gasteiger charge is -2.09. The molecule has 0 aliphatic heterocycles. The number of hydrogen-bond donors (Lipinski definition) is 1. The number of nitrogens with zero attached hydrogens (tertiary/aromatic N) is 4. The number of fused-ring (bicyclic) bond motifs is 1. The maximum atomic E-state index is 5.87. The number of rotatable bonds is 4. The van der Waals surface area contributed by atoms with Gasteiger partial charge in [-0.25, -0.2) is 9.97 Å². The van der Waals surface area contributed by atoms with E-state index in [0.717, 1.165) is 34.1 Å². The van der Waals surface area contributed by atoms with Crippen LogP contribution in [0.4, 0.5) is 5.82 Å². The minimum absolute atomic E-state index is 0.561. The lowest BCUT2D eigenvalue weighted by atomic mass is 10.4. The van der Waals surface area contributed by atoms with Gasteiger partial charge in [0.25, 0.3) is 0 Å². The highest BCUT2D eigenvalue weighted by molar-refractivity contribution is 14.1. The summed E-state index contributed by atoms with van der Waals surface area (Å²) in [5, 5.41) is 0.970. The molecule has 0 aliphatic rings. The van der Waals surface area contributed by atoms with E-state index in [-0.39, 0.29) is 0 Å². The van der Waals surface area contributed by atoms with Crippen molar-refractivity contribution >= 4 is 39.4 Å². The number of nitrogen functional groups attached to an aromatic ring is 1. The molecule has 0 fully saturated rings. The fraction of sp³-hybridized carbons (Fsp3) is 0.455. The Bertz CT molecular complexity index is 520. The Hall–Kier alpha value is -0.890. The highest BCUT2D eigenvalue weighted by Crippen LogP contribution is 2.25. The van der Waals surface area contributed by atoms with Crippen LogP contribution in [0, 0.1) is 3.57 Å². The van der Waals surface area contributed by atoms with Gasteiger partial charge in [0.1, 0.15) is 17.8 Å². The van der Waals surface area contributed by atoms with Crippen LogP contribution >= 0.6 is 22.6 Å². The quantitative estimate of drug-likeness (QED) is 0.855. The minimum Gasteiger partial charge on any atom is -0.383 e. The molecule has 92 valence electrons. The van der Waals surface area contributed by atoms with Gasteiger partial charge in [-0.2, -0.15) is 0 Å². The molecule has 0 saturated carbocycles. The predicted octanol–water partition coefficient (Wildman–Crippen LogP) is 1.57. The molecule has 0 spiro atoms. The summed E-state index contributed by atoms with van der Waals surface area (Å²) in [6.45, 7) is 2.02. The highest BCUT2D eigenvalue weighted by Gasteiger charge is 2.10. The largest absolute Gasteiger partial charge is 0.383 e. The van der Waals surface area contributed by atoms with Gasteiger partial charge in [0.15, 0.2) is 0 Å². The van der Waals surface area contributed by atoms with Crippen LogP contribution < -0.4 is 5.73 Å². The van der Waals surface area contributed by atoms with Crippen molar-refractivity contribution in [2.24, 2.45) is 0 Å². The zero-order valence-electron chi connectivity index (χ0n) is 10.0. The number of aryl methyl sites for hydroxylation is 1. The molecule has 0 saturated heterocycles. The Balaban J connectivity index is 2.26. The first-order valence-electron chi connectivity index (χ1n) is 5.49. The smallest absolute Gasteiger partial charge is 0.146 e. The normalized spacial score (nSPS) is 11.5. The summed E-state index contributed by atoms with van der Waals surface area (Å²) >= 11 is 2.28. The molecule has 0 atom stereocenters. The third-order valence-corrected chi connectivity index (χ3v) is 3.46. The first kappa shape index (κ1) is 12.6. The molecule has 0 unspecified atom stereocenters. The molecular weight excluding hydrogens is 329 g/mol. The molecule has 0 amide bonds. The van der Waals surface area contributed by atoms with E-state index in [1.54, 1.807) is 0 Å². The molecular formula is C11H16IN5. The summed E-state index contributed by atoms with van der Waals surface area (Å²) in [4.78, 5) is 10.5. The molecule has 17 heavy (non-hydrogen) atoms. The summed E-state index contributed by atoms with van der Waals surface area (Å²) < 4.78 is 3.26. The zero-order chi connectivity index (χ0) is 12.4. The van der Waals surface area contributed by atoms with E-state index in [9.17, 15) is 0 Å². The van der Waals surface area contributed by atoms with Gasteiger partial charge >= 0.3 is 0 Å². The van der Waals surface area contributed by atoms with Crippen LogP contribution in [0.25, 0.3) is 11.0 Å². The second-order valence-corrected chi connectivity index (χ2v) is 5.45. The average molecular weight is 345 g/mol. The van der Waals surface area contributed by atoms with E-state index in [1.165, 1.54) is 6.33 Å². The Kier molecular flexibility index (Phi) is 3.82. The van der Waals surface area contributed by atoms with Gasteiger partial charge in [-0.05, 0) is 49.7 Å². The van der Waals surface area contributed by atoms with Crippen LogP contribution in [0.15, 0.2) is 12.5 Å². The predicted molar refractivity (Wildman–Crippen MR) is 77.8 cm³/mol. The lowest BCUT2D eigenvalue weighted by Crippen LogP contribution is -2.15. The maximum absolute atomic E-state index is 5.87. The topological polar surface area (TPSA) is 60.0 Å². The molecule has 6 heteroatoms. The molecule has 0 radical (unpaired) electrons. The second kappa shape index (κ2) is 5.18. The first-order valence-corrected chi connectivity index (χ1v) is 6.57. The van der Waals surface area contributed by atoms with Crippen LogP contribution in [0.2, 0.25) is 0 Å². The van der Waals surface area contributed by atoms with Crippen LogP contribution in [0.1, 0.15) is 6.42 Å². The van der Waals surface area contributed by atoms with Gasteiger partial charge in [-0.3, -0.25) is 0 Å². The SMILES string of the molecule is CN(C)CCCn1cc(I)c2c(N)ncnc21. The Morgan fingerprint density at radius 1 is 1.41 bits per heavy atom. The Labute approximate surface area is 114 Å². The number of nitrogens with two attached hydrogens (primary N) is 1. The average Bonchev–Trinajstić information content (AvgIpc) is 2.57. The van der Waals surface area contributed by atoms with E-state index < -0.39 is 0 Å². The second-order valence-electron chi connectivity index (χ2n) is 4.28. The van der Waals surface area contributed by atoms with E-state index in [1.807, 2.05) is 0 Å². The van der Waals surface area contributed by atoms with Crippen LogP contribution in [0.5, 0.6) is 0 Å². The molecule has 5 nitrogen and oxygen atoms in total. The molecule has 0 bridgehead atoms. The Morgan fingerprint density at radius 2 is 2.18 bits per heavy atom. The maximum Gasteiger partial charge on any atom is 0.146 e. The summed E-state index contributed by atoms with van der Waals surface area (Å²) in [6, 6.07) is 0. The van der Waals surface area contributed by atoms with Crippen molar-refractivity contribution < 1.29 is 0 Å². The van der Waals surface area contributed by atoms with Gasteiger partial charge in [-0.1, -0.05) is 0 Å². The summed E-state index contributed by atoms with van der Waals surface area (Å²) in [5.74, 6) is 0.561. The van der Waals surface area contributed by atoms with E-state index >= 15 is 0 Å². The fourth-order valence-corrected chi connectivity index (χ4v) is 2.68. The first-order chi connectivity index (χ1) is 8.09. The molecule has 2 N–H and O–H groups in total. The van der Waals surface area contributed by atoms with Crippen LogP contribution in [-0.2, 0) is 6.54 Å². The standard InChI is InChI=1S/C11H16IN5/c1-16(2)4-3-5-17-6-8(12)9-10(13)14-7-15-11(9)17/h6-7H,3-5H2,1-2H3,(H2,13,14,15). The van der Waals surface area contributed by atoms with Crippen molar-refractivity contribution in [1.29, 1.82) is 0 Å². The van der Waals surface area contributed by atoms with Crippen LogP contribution in [0.3, 0.4) is 0 Å². The number of halogens is 1. The van der Waals surface area contributed by atoms with Gasteiger partial charge in [-0.15, -0.1) is 0 Å². The lowest BCUT2D eigenvalue weighted by molar-refractivity contribution is 0.387. The zero-order valence-corrected chi connectivity index (χ0v) is 12.2. The van der Waals surface area contributed by atoms with Crippen molar-refractivity contribution in [2.45, 2.75) is 13.0 Å². The summed E-state index contributed by atoms with van der Waals surface area (Å²) in [7, 11) is 4.16.